The summed E-state index contributed by atoms with van der Waals surface area (Å²) in [5.41, 5.74) is 0. The van der Waals surface area contributed by atoms with Crippen LogP contribution < -0.4 is 0 Å². The molecule has 0 N–H and O–H groups in total. The van der Waals surface area contributed by atoms with Gasteiger partial charge in [-0.15, -0.1) is 0 Å². The van der Waals surface area contributed by atoms with Crippen LogP contribution in [0.5, 0.6) is 0 Å². The maximum absolute atomic E-state index is 6.46. The molecule has 1 saturated heterocycles. The van der Waals surface area contributed by atoms with E-state index >= 15 is 0 Å². The van der Waals surface area contributed by atoms with Crippen molar-refractivity contribution in [2.45, 2.75) is 79.9 Å². The van der Waals surface area contributed by atoms with E-state index in [0.29, 0.717) is 12.2 Å². The fraction of sp³-hybridized carbons (Fsp3) is 1.00. The number of unbranched alkanes of at least 4 members (excludes halogenated alkanes) is 2. The summed E-state index contributed by atoms with van der Waals surface area (Å²) in [5, 5.41) is 0. The molecule has 0 spiro atoms. The van der Waals surface area contributed by atoms with Gasteiger partial charge in [0.2, 0.25) is 0 Å². The van der Waals surface area contributed by atoms with Gasteiger partial charge >= 0.3 is 105 Å². The molecular formula is C13H26O2Sn. The van der Waals surface area contributed by atoms with E-state index in [-0.39, 0.29) is 0 Å². The zero-order valence-corrected chi connectivity index (χ0v) is 13.7. The molecule has 0 aromatic carbocycles. The molecule has 2 atom stereocenters. The van der Waals surface area contributed by atoms with Gasteiger partial charge in [-0.3, -0.25) is 0 Å². The van der Waals surface area contributed by atoms with E-state index in [2.05, 4.69) is 13.8 Å². The van der Waals surface area contributed by atoms with Crippen molar-refractivity contribution < 1.29 is 6.15 Å². The molecule has 2 fully saturated rings. The first-order valence-corrected chi connectivity index (χ1v) is 13.5. The third-order valence-corrected chi connectivity index (χ3v) is 14.5. The summed E-state index contributed by atoms with van der Waals surface area (Å²) in [5.74, 6) is 0. The quantitative estimate of drug-likeness (QED) is 0.684. The zero-order chi connectivity index (χ0) is 11.4. The summed E-state index contributed by atoms with van der Waals surface area (Å²) < 4.78 is 15.5. The summed E-state index contributed by atoms with van der Waals surface area (Å²) in [7, 11) is 0. The number of hydrogen-bond donors (Lipinski definition) is 0. The van der Waals surface area contributed by atoms with Gasteiger partial charge in [-0.2, -0.15) is 0 Å². The van der Waals surface area contributed by atoms with Crippen LogP contribution in [-0.4, -0.2) is 31.4 Å². The normalized spacial score (nSPS) is 31.9. The molecule has 16 heavy (non-hydrogen) atoms. The summed E-state index contributed by atoms with van der Waals surface area (Å²) in [6.45, 7) is 4.55. The average molecular weight is 333 g/mol. The zero-order valence-electron chi connectivity index (χ0n) is 10.8. The van der Waals surface area contributed by atoms with Gasteiger partial charge in [0.1, 0.15) is 0 Å². The van der Waals surface area contributed by atoms with Crippen molar-refractivity contribution in [2.24, 2.45) is 0 Å². The molecule has 0 unspecified atom stereocenters. The van der Waals surface area contributed by atoms with E-state index in [1.54, 1.807) is 0 Å². The van der Waals surface area contributed by atoms with Gasteiger partial charge in [-0.25, -0.2) is 0 Å². The Morgan fingerprint density at radius 2 is 1.44 bits per heavy atom. The molecule has 0 amide bonds. The third-order valence-electron chi connectivity index (χ3n) is 3.95. The molecular weight excluding hydrogens is 307 g/mol. The van der Waals surface area contributed by atoms with E-state index in [0.717, 1.165) is 0 Å². The number of hydrogen-bond acceptors (Lipinski definition) is 2. The van der Waals surface area contributed by atoms with Gasteiger partial charge in [-0.1, -0.05) is 0 Å². The van der Waals surface area contributed by atoms with E-state index in [1.807, 2.05) is 0 Å². The first-order valence-electron chi connectivity index (χ1n) is 7.15. The fourth-order valence-corrected chi connectivity index (χ4v) is 15.0. The van der Waals surface area contributed by atoms with Crippen molar-refractivity contribution in [3.8, 4) is 0 Å². The Morgan fingerprint density at radius 3 is 1.88 bits per heavy atom. The van der Waals surface area contributed by atoms with Crippen LogP contribution in [0, 0.1) is 0 Å². The van der Waals surface area contributed by atoms with Crippen LogP contribution in [0.25, 0.3) is 0 Å². The molecule has 2 rings (SSSR count). The fourth-order valence-electron chi connectivity index (χ4n) is 2.99. The van der Waals surface area contributed by atoms with Crippen molar-refractivity contribution in [3.63, 3.8) is 0 Å². The minimum atomic E-state index is -2.57. The SMILES string of the molecule is CCC[CH2][Sn]1([CH2]CCC)[O][C@H]2CCC[C@H]2[O]1. The van der Waals surface area contributed by atoms with E-state index in [9.17, 15) is 0 Å². The van der Waals surface area contributed by atoms with E-state index < -0.39 is 19.2 Å². The molecule has 1 heterocycles. The molecule has 94 valence electrons. The standard InChI is InChI=1S/C5H8O2.2C4H9.Sn/c6-4-2-1-3-5(4)7;2*1-3-4-2;/h4-5H,1-3H2;2*1,3-4H2,2H3;/q-2;;;+2/t4-,5+;;;. The first-order chi connectivity index (χ1) is 7.79. The minimum absolute atomic E-state index is 0.504. The molecule has 0 bridgehead atoms. The molecule has 1 aliphatic heterocycles. The Labute approximate surface area is 105 Å². The Morgan fingerprint density at radius 1 is 0.938 bits per heavy atom. The Kier molecular flexibility index (Phi) is 4.98. The number of rotatable bonds is 6. The predicted octanol–water partition coefficient (Wildman–Crippen LogP) is 4.00. The molecule has 0 aromatic heterocycles. The third kappa shape index (κ3) is 2.94. The van der Waals surface area contributed by atoms with Crippen molar-refractivity contribution >= 4 is 19.2 Å². The van der Waals surface area contributed by atoms with Gasteiger partial charge < -0.3 is 0 Å². The van der Waals surface area contributed by atoms with Crippen molar-refractivity contribution in [2.75, 3.05) is 0 Å². The number of fused-ring (bicyclic) bond motifs is 1. The van der Waals surface area contributed by atoms with Gasteiger partial charge in [0.25, 0.3) is 0 Å². The molecule has 0 radical (unpaired) electrons. The van der Waals surface area contributed by atoms with E-state index in [4.69, 9.17) is 6.15 Å². The Bertz CT molecular complexity index is 198. The maximum atomic E-state index is 6.46. The molecule has 1 aliphatic carbocycles. The van der Waals surface area contributed by atoms with Gasteiger partial charge in [0.15, 0.2) is 0 Å². The van der Waals surface area contributed by atoms with Crippen LogP contribution in [0.15, 0.2) is 0 Å². The van der Waals surface area contributed by atoms with Gasteiger partial charge in [-0.05, 0) is 0 Å². The monoisotopic (exact) mass is 334 g/mol. The average Bonchev–Trinajstić information content (AvgIpc) is 2.82. The first kappa shape index (κ1) is 13.2. The van der Waals surface area contributed by atoms with Crippen molar-refractivity contribution in [1.82, 2.24) is 0 Å². The Hall–Kier alpha value is 0.719. The molecule has 2 nitrogen and oxygen atoms in total. The van der Waals surface area contributed by atoms with Crippen LogP contribution in [0.2, 0.25) is 8.87 Å². The molecule has 1 saturated carbocycles. The van der Waals surface area contributed by atoms with E-state index in [1.165, 1.54) is 53.8 Å². The second-order valence-corrected chi connectivity index (χ2v) is 14.8. The molecule has 0 aromatic rings. The van der Waals surface area contributed by atoms with Gasteiger partial charge in [0.05, 0.1) is 0 Å². The second-order valence-electron chi connectivity index (χ2n) is 5.36. The van der Waals surface area contributed by atoms with Crippen LogP contribution in [-0.2, 0) is 6.15 Å². The molecule has 3 heteroatoms. The second kappa shape index (κ2) is 6.05. The summed E-state index contributed by atoms with van der Waals surface area (Å²) in [4.78, 5) is 0. The van der Waals surface area contributed by atoms with Crippen molar-refractivity contribution in [1.29, 1.82) is 0 Å². The van der Waals surface area contributed by atoms with Crippen LogP contribution in [0.1, 0.15) is 58.8 Å². The topological polar surface area (TPSA) is 18.5 Å². The van der Waals surface area contributed by atoms with Crippen molar-refractivity contribution in [3.05, 3.63) is 0 Å². The predicted molar refractivity (Wildman–Crippen MR) is 68.8 cm³/mol. The summed E-state index contributed by atoms with van der Waals surface area (Å²) in [6.07, 6.45) is 10.1. The molecule has 2 aliphatic rings. The van der Waals surface area contributed by atoms with Gasteiger partial charge in [0, 0.05) is 0 Å². The van der Waals surface area contributed by atoms with Crippen LogP contribution in [0.4, 0.5) is 0 Å². The van der Waals surface area contributed by atoms with Crippen LogP contribution >= 0.6 is 0 Å². The summed E-state index contributed by atoms with van der Waals surface area (Å²) in [6, 6.07) is 0. The Balaban J connectivity index is 1.93. The van der Waals surface area contributed by atoms with Crippen LogP contribution in [0.3, 0.4) is 0 Å². The summed E-state index contributed by atoms with van der Waals surface area (Å²) >= 11 is -2.57.